The maximum absolute atomic E-state index is 13.5. The van der Waals surface area contributed by atoms with Gasteiger partial charge in [0.1, 0.15) is 19.1 Å². The lowest BCUT2D eigenvalue weighted by atomic mass is 9.82. The van der Waals surface area contributed by atoms with Crippen molar-refractivity contribution in [1.82, 2.24) is 4.72 Å². The van der Waals surface area contributed by atoms with Crippen LogP contribution in [0.4, 0.5) is 0 Å². The van der Waals surface area contributed by atoms with Gasteiger partial charge in [0.25, 0.3) is 0 Å². The topological polar surface area (TPSA) is 89.5 Å². The van der Waals surface area contributed by atoms with Crippen molar-refractivity contribution in [1.29, 1.82) is 0 Å². The van der Waals surface area contributed by atoms with Crippen molar-refractivity contribution >= 4 is 21.8 Å². The summed E-state index contributed by atoms with van der Waals surface area (Å²) in [5, 5.41) is 0. The molecule has 3 aliphatic rings. The summed E-state index contributed by atoms with van der Waals surface area (Å²) >= 11 is 0. The molecule has 1 N–H and O–H groups in total. The number of nitrogens with one attached hydrogen (secondary N) is 1. The van der Waals surface area contributed by atoms with E-state index in [1.165, 1.54) is 12.1 Å². The predicted molar refractivity (Wildman–Crippen MR) is 139 cm³/mol. The average Bonchev–Trinajstić information content (AvgIpc) is 2.93. The molecule has 0 aliphatic carbocycles. The van der Waals surface area contributed by atoms with Crippen LogP contribution in [0.2, 0.25) is 0 Å². The fraction of sp³-hybridized carbons (Fsp3) is 0.310. The zero-order valence-corrected chi connectivity index (χ0v) is 22.5. The van der Waals surface area contributed by atoms with Gasteiger partial charge in [-0.2, -0.15) is 4.72 Å². The number of halogens is 1. The normalized spacial score (nSPS) is 23.2. The fourth-order valence-electron chi connectivity index (χ4n) is 5.53. The molecular formula is C29H31ClN2O5S. The molecule has 3 saturated heterocycles. The van der Waals surface area contributed by atoms with Gasteiger partial charge in [-0.1, -0.05) is 78.9 Å². The van der Waals surface area contributed by atoms with Gasteiger partial charge in [0.2, 0.25) is 15.8 Å². The van der Waals surface area contributed by atoms with Crippen LogP contribution in [0.5, 0.6) is 0 Å². The van der Waals surface area contributed by atoms with E-state index in [4.69, 9.17) is 4.74 Å². The lowest BCUT2D eigenvalue weighted by molar-refractivity contribution is -0.938. The van der Waals surface area contributed by atoms with Crippen LogP contribution in [-0.2, 0) is 19.6 Å². The van der Waals surface area contributed by atoms with E-state index < -0.39 is 22.0 Å². The average molecular weight is 555 g/mol. The summed E-state index contributed by atoms with van der Waals surface area (Å²) in [6.07, 6.45) is 1.36. The Labute approximate surface area is 229 Å². The monoisotopic (exact) mass is 554 g/mol. The Bertz CT molecular complexity index is 1350. The Morgan fingerprint density at radius 2 is 1.42 bits per heavy atom. The maximum Gasteiger partial charge on any atom is 0.329 e. The first-order chi connectivity index (χ1) is 17.9. The highest BCUT2D eigenvalue weighted by atomic mass is 35.5. The highest BCUT2D eigenvalue weighted by molar-refractivity contribution is 7.89. The van der Waals surface area contributed by atoms with Gasteiger partial charge in [-0.25, -0.2) is 13.2 Å². The molecule has 2 bridgehead atoms. The van der Waals surface area contributed by atoms with Gasteiger partial charge in [0.05, 0.1) is 18.0 Å². The minimum Gasteiger partial charge on any atom is -1.00 e. The number of Topliss-reactive ketones (excluding diaryl/α,β-unsaturated/α-hetero) is 1. The van der Waals surface area contributed by atoms with Gasteiger partial charge in [-0.15, -0.1) is 0 Å². The van der Waals surface area contributed by atoms with Crippen molar-refractivity contribution in [3.05, 3.63) is 102 Å². The molecule has 7 nitrogen and oxygen atoms in total. The van der Waals surface area contributed by atoms with Gasteiger partial charge in [0, 0.05) is 24.3 Å². The van der Waals surface area contributed by atoms with Crippen molar-refractivity contribution in [3.8, 4) is 0 Å². The number of quaternary nitrogens is 1. The van der Waals surface area contributed by atoms with E-state index in [0.717, 1.165) is 25.9 Å². The summed E-state index contributed by atoms with van der Waals surface area (Å²) in [5.74, 6) is -0.335. The first-order valence-electron chi connectivity index (χ1n) is 12.6. The second-order valence-corrected chi connectivity index (χ2v) is 11.7. The number of sulfonamides is 1. The summed E-state index contributed by atoms with van der Waals surface area (Å²) in [4.78, 5) is 26.6. The molecule has 3 aliphatic heterocycles. The number of hydrogen-bond donors (Lipinski definition) is 1. The lowest BCUT2D eigenvalue weighted by Crippen LogP contribution is -3.00. The summed E-state index contributed by atoms with van der Waals surface area (Å²) < 4.78 is 35.4. The van der Waals surface area contributed by atoms with E-state index >= 15 is 0 Å². The number of carbonyl (C=O) groups excluding carboxylic acids is 2. The van der Waals surface area contributed by atoms with E-state index in [9.17, 15) is 18.0 Å². The molecule has 1 unspecified atom stereocenters. The maximum atomic E-state index is 13.5. The van der Waals surface area contributed by atoms with Crippen molar-refractivity contribution < 1.29 is 39.6 Å². The molecule has 3 aromatic rings. The minimum absolute atomic E-state index is 0. The molecule has 38 heavy (non-hydrogen) atoms. The second kappa shape index (κ2) is 11.8. The number of ketones is 1. The van der Waals surface area contributed by atoms with Gasteiger partial charge >= 0.3 is 5.97 Å². The molecule has 9 heteroatoms. The highest BCUT2D eigenvalue weighted by Gasteiger charge is 2.49. The van der Waals surface area contributed by atoms with Gasteiger partial charge in [0.15, 0.2) is 6.10 Å². The van der Waals surface area contributed by atoms with Crippen LogP contribution in [0.1, 0.15) is 34.8 Å². The number of esters is 1. The van der Waals surface area contributed by atoms with E-state index in [0.29, 0.717) is 28.7 Å². The highest BCUT2D eigenvalue weighted by Crippen LogP contribution is 2.36. The largest absolute Gasteiger partial charge is 1.00 e. The van der Waals surface area contributed by atoms with E-state index in [-0.39, 0.29) is 35.1 Å². The number of piperidine rings is 3. The molecule has 0 amide bonds. The van der Waals surface area contributed by atoms with Crippen molar-refractivity contribution in [2.45, 2.75) is 29.9 Å². The molecule has 0 spiro atoms. The third-order valence-electron chi connectivity index (χ3n) is 7.58. The molecule has 3 fully saturated rings. The first kappa shape index (κ1) is 28.0. The van der Waals surface area contributed by atoms with E-state index in [1.54, 1.807) is 42.5 Å². The van der Waals surface area contributed by atoms with E-state index in [1.807, 2.05) is 36.4 Å². The molecule has 0 radical (unpaired) electrons. The summed E-state index contributed by atoms with van der Waals surface area (Å²) in [6.45, 7) is 2.68. The Morgan fingerprint density at radius 1 is 0.868 bits per heavy atom. The van der Waals surface area contributed by atoms with Crippen LogP contribution >= 0.6 is 0 Å². The molecule has 200 valence electrons. The number of ether oxygens (including phenoxy) is 1. The smallest absolute Gasteiger partial charge is 0.329 e. The minimum atomic E-state index is -3.96. The summed E-state index contributed by atoms with van der Waals surface area (Å²) in [7, 11) is -3.96. The van der Waals surface area contributed by atoms with Crippen molar-refractivity contribution in [2.24, 2.45) is 5.92 Å². The number of fused-ring (bicyclic) bond motifs is 3. The second-order valence-electron chi connectivity index (χ2n) is 10.0. The Kier molecular flexibility index (Phi) is 8.67. The Hall–Kier alpha value is -3.04. The van der Waals surface area contributed by atoms with Gasteiger partial charge < -0.3 is 21.6 Å². The fourth-order valence-corrected chi connectivity index (χ4v) is 6.73. The zero-order valence-electron chi connectivity index (χ0n) is 20.9. The molecule has 6 rings (SSSR count). The molecular weight excluding hydrogens is 524 g/mol. The standard InChI is InChI=1S/C29H31N2O5S.ClH/c32-26(22-10-4-1-5-11-22)20-31-18-16-23(17-19-31)27(21-31)36-29(33)28(24-12-6-2-7-13-24)30-37(34,35)25-14-8-3-9-15-25;/h1-15,23,27-28,30H,16-21H2;1H/q+1;/p-1/t23?,27-,28?,31?;/m0./s1. The number of carbonyl (C=O) groups is 2. The number of nitrogens with zero attached hydrogens (tertiary/aromatic N) is 1. The third kappa shape index (κ3) is 6.15. The SMILES string of the molecule is O=C(C[N+]12CCC(CC1)[C@@H](OC(=O)C(NS(=O)(=O)c1ccccc1)c1ccccc1)C2)c1ccccc1.[Cl-]. The number of hydrogen-bond acceptors (Lipinski definition) is 5. The number of rotatable bonds is 9. The van der Waals surface area contributed by atoms with Crippen LogP contribution in [0, 0.1) is 5.92 Å². The molecule has 2 atom stereocenters. The molecule has 3 aromatic carbocycles. The Morgan fingerprint density at radius 3 is 2.03 bits per heavy atom. The van der Waals surface area contributed by atoms with Gasteiger partial charge in [-0.3, -0.25) is 4.79 Å². The summed E-state index contributed by atoms with van der Waals surface area (Å²) in [5.41, 5.74) is 1.20. The van der Waals surface area contributed by atoms with Crippen LogP contribution in [0.15, 0.2) is 95.9 Å². The lowest BCUT2D eigenvalue weighted by Gasteiger charge is -2.51. The third-order valence-corrected chi connectivity index (χ3v) is 9.02. The van der Waals surface area contributed by atoms with Crippen LogP contribution < -0.4 is 17.1 Å². The predicted octanol–water partition coefficient (Wildman–Crippen LogP) is 0.745. The molecule has 0 aromatic heterocycles. The zero-order chi connectivity index (χ0) is 25.9. The first-order valence-corrected chi connectivity index (χ1v) is 14.1. The van der Waals surface area contributed by atoms with E-state index in [2.05, 4.69) is 4.72 Å². The van der Waals surface area contributed by atoms with Crippen LogP contribution in [-0.4, -0.2) is 56.9 Å². The van der Waals surface area contributed by atoms with Crippen LogP contribution in [0.25, 0.3) is 0 Å². The van der Waals surface area contributed by atoms with Crippen molar-refractivity contribution in [3.63, 3.8) is 0 Å². The van der Waals surface area contributed by atoms with Gasteiger partial charge in [-0.05, 0) is 17.7 Å². The number of benzene rings is 3. The van der Waals surface area contributed by atoms with Crippen LogP contribution in [0.3, 0.4) is 0 Å². The quantitative estimate of drug-likeness (QED) is 0.239. The molecule has 0 saturated carbocycles. The summed E-state index contributed by atoms with van der Waals surface area (Å²) in [6, 6.07) is 24.8. The Balaban J connectivity index is 0.00000336. The molecule has 3 heterocycles. The van der Waals surface area contributed by atoms with Crippen molar-refractivity contribution in [2.75, 3.05) is 26.2 Å².